The van der Waals surface area contributed by atoms with Gasteiger partial charge in [-0.2, -0.15) is 0 Å². The van der Waals surface area contributed by atoms with Gasteiger partial charge in [0.1, 0.15) is 15.9 Å². The van der Waals surface area contributed by atoms with Gasteiger partial charge >= 0.3 is 5.97 Å². The third-order valence-electron chi connectivity index (χ3n) is 3.57. The number of carboxylic acids is 1. The topological polar surface area (TPSA) is 98.3 Å². The van der Waals surface area contributed by atoms with Gasteiger partial charge in [0.25, 0.3) is 0 Å². The van der Waals surface area contributed by atoms with Gasteiger partial charge in [-0.15, -0.1) is 11.3 Å². The van der Waals surface area contributed by atoms with Crippen LogP contribution in [0, 0.1) is 0 Å². The lowest BCUT2D eigenvalue weighted by Crippen LogP contribution is -2.31. The van der Waals surface area contributed by atoms with Gasteiger partial charge in [-0.05, 0) is 26.3 Å². The number of carbonyl (C=O) groups is 1. The Morgan fingerprint density at radius 1 is 1.50 bits per heavy atom. The Kier molecular flexibility index (Phi) is 3.78. The minimum atomic E-state index is -0.895. The largest absolute Gasteiger partial charge is 0.480 e. The maximum Gasteiger partial charge on any atom is 0.316 e. The number of nitrogen functional groups attached to an aromatic ring is 1. The zero-order valence-electron chi connectivity index (χ0n) is 12.5. The molecule has 2 aromatic rings. The van der Waals surface area contributed by atoms with E-state index in [-0.39, 0.29) is 5.60 Å². The summed E-state index contributed by atoms with van der Waals surface area (Å²) in [6.45, 7) is 6.26. The van der Waals surface area contributed by atoms with Crippen molar-refractivity contribution >= 4 is 45.1 Å². The van der Waals surface area contributed by atoms with Crippen LogP contribution in [0.4, 0.5) is 5.82 Å². The first-order valence-electron chi connectivity index (χ1n) is 6.88. The number of hydrogen-bond acceptors (Lipinski definition) is 7. The van der Waals surface area contributed by atoms with Crippen LogP contribution in [0.25, 0.3) is 10.2 Å². The van der Waals surface area contributed by atoms with Gasteiger partial charge < -0.3 is 15.6 Å². The molecule has 2 aromatic heterocycles. The van der Waals surface area contributed by atoms with Crippen molar-refractivity contribution in [2.75, 3.05) is 5.73 Å². The summed E-state index contributed by atoms with van der Waals surface area (Å²) in [5, 5.41) is 9.67. The fourth-order valence-electron chi connectivity index (χ4n) is 2.41. The van der Waals surface area contributed by atoms with Gasteiger partial charge in [-0.25, -0.2) is 9.97 Å². The highest BCUT2D eigenvalue weighted by atomic mass is 32.2. The van der Waals surface area contributed by atoms with E-state index >= 15 is 0 Å². The Morgan fingerprint density at radius 3 is 2.91 bits per heavy atom. The molecule has 0 unspecified atom stereocenters. The summed E-state index contributed by atoms with van der Waals surface area (Å²) in [6, 6.07) is 0. The predicted octanol–water partition coefficient (Wildman–Crippen LogP) is 2.69. The molecule has 0 saturated carbocycles. The molecular formula is C14H17N3O3S2. The van der Waals surface area contributed by atoms with E-state index in [4.69, 9.17) is 15.6 Å². The van der Waals surface area contributed by atoms with Crippen LogP contribution < -0.4 is 5.73 Å². The lowest BCUT2D eigenvalue weighted by Gasteiger charge is -2.30. The highest BCUT2D eigenvalue weighted by Gasteiger charge is 2.30. The number of nitrogens with zero attached hydrogens (tertiary/aromatic N) is 2. The van der Waals surface area contributed by atoms with Crippen LogP contribution in [0.1, 0.15) is 31.2 Å². The van der Waals surface area contributed by atoms with Crippen LogP contribution in [0.15, 0.2) is 5.16 Å². The number of hydrogen-bond donors (Lipinski definition) is 2. The maximum absolute atomic E-state index is 11.0. The Balaban J connectivity index is 2.04. The molecule has 118 valence electrons. The molecule has 0 aliphatic carbocycles. The summed E-state index contributed by atoms with van der Waals surface area (Å²) in [7, 11) is 0. The summed E-state index contributed by atoms with van der Waals surface area (Å²) in [5.41, 5.74) is 7.06. The molecule has 0 bridgehead atoms. The highest BCUT2D eigenvalue weighted by Crippen LogP contribution is 2.40. The minimum Gasteiger partial charge on any atom is -0.480 e. The van der Waals surface area contributed by atoms with Crippen molar-refractivity contribution in [2.24, 2.45) is 0 Å². The molecule has 6 nitrogen and oxygen atoms in total. The number of fused-ring (bicyclic) bond motifs is 3. The Morgan fingerprint density at radius 2 is 2.23 bits per heavy atom. The number of thiophene rings is 1. The van der Waals surface area contributed by atoms with Crippen molar-refractivity contribution in [3.8, 4) is 0 Å². The molecule has 1 aliphatic rings. The highest BCUT2D eigenvalue weighted by molar-refractivity contribution is 8.00. The van der Waals surface area contributed by atoms with Crippen LogP contribution in [-0.2, 0) is 22.6 Å². The molecule has 0 fully saturated rings. The lowest BCUT2D eigenvalue weighted by molar-refractivity contribution is -0.136. The molecule has 3 rings (SSSR count). The number of anilines is 1. The van der Waals surface area contributed by atoms with E-state index in [1.54, 1.807) is 18.3 Å². The van der Waals surface area contributed by atoms with Gasteiger partial charge in [0.2, 0.25) is 0 Å². The lowest BCUT2D eigenvalue weighted by atomic mass is 9.94. The van der Waals surface area contributed by atoms with Crippen LogP contribution in [-0.4, -0.2) is 31.9 Å². The first-order chi connectivity index (χ1) is 10.3. The van der Waals surface area contributed by atoms with Crippen molar-refractivity contribution < 1.29 is 14.6 Å². The van der Waals surface area contributed by atoms with Crippen molar-refractivity contribution in [2.45, 2.75) is 49.8 Å². The van der Waals surface area contributed by atoms with Crippen molar-refractivity contribution in [3.05, 3.63) is 10.4 Å². The predicted molar refractivity (Wildman–Crippen MR) is 87.4 cm³/mol. The van der Waals surface area contributed by atoms with Crippen molar-refractivity contribution in [3.63, 3.8) is 0 Å². The number of carboxylic acid groups (broad SMARTS) is 1. The molecule has 22 heavy (non-hydrogen) atoms. The molecule has 0 aromatic carbocycles. The Bertz CT molecular complexity index is 757. The van der Waals surface area contributed by atoms with Gasteiger partial charge in [0.05, 0.1) is 17.6 Å². The number of rotatable bonds is 3. The fourth-order valence-corrected chi connectivity index (χ4v) is 4.29. The smallest absolute Gasteiger partial charge is 0.316 e. The summed E-state index contributed by atoms with van der Waals surface area (Å²) >= 11 is 2.65. The van der Waals surface area contributed by atoms with E-state index in [9.17, 15) is 4.79 Å². The van der Waals surface area contributed by atoms with E-state index in [0.29, 0.717) is 17.6 Å². The van der Waals surface area contributed by atoms with Crippen LogP contribution >= 0.6 is 23.1 Å². The Hall–Kier alpha value is -1.38. The maximum atomic E-state index is 11.0. The number of thioether (sulfide) groups is 1. The Labute approximate surface area is 136 Å². The second-order valence-corrected chi connectivity index (χ2v) is 8.29. The third kappa shape index (κ3) is 2.78. The van der Waals surface area contributed by atoms with E-state index < -0.39 is 11.2 Å². The molecule has 3 heterocycles. The van der Waals surface area contributed by atoms with Crippen LogP contribution in [0.2, 0.25) is 0 Å². The number of ether oxygens (including phenoxy) is 1. The molecule has 8 heteroatoms. The second kappa shape index (κ2) is 5.36. The monoisotopic (exact) mass is 339 g/mol. The zero-order valence-corrected chi connectivity index (χ0v) is 14.2. The molecule has 1 atom stereocenters. The summed E-state index contributed by atoms with van der Waals surface area (Å²) in [4.78, 5) is 21.7. The number of aromatic nitrogens is 2. The molecule has 1 aliphatic heterocycles. The molecule has 0 spiro atoms. The minimum absolute atomic E-state index is 0.224. The van der Waals surface area contributed by atoms with Crippen molar-refractivity contribution in [1.82, 2.24) is 9.97 Å². The molecular weight excluding hydrogens is 322 g/mol. The van der Waals surface area contributed by atoms with Gasteiger partial charge in [-0.3, -0.25) is 4.79 Å². The third-order valence-corrected chi connectivity index (χ3v) is 5.62. The molecule has 0 radical (unpaired) electrons. The number of aliphatic carboxylic acids is 1. The SMILES string of the molecule is C[C@H](Sc1nc(N)c2c3c(sc2n1)COC(C)(C)C3)C(=O)O. The summed E-state index contributed by atoms with van der Waals surface area (Å²) in [5.74, 6) is -0.479. The van der Waals surface area contributed by atoms with Gasteiger partial charge in [0.15, 0.2) is 5.16 Å². The average molecular weight is 339 g/mol. The zero-order chi connectivity index (χ0) is 16.1. The molecule has 0 amide bonds. The first kappa shape index (κ1) is 15.5. The van der Waals surface area contributed by atoms with E-state index in [1.807, 2.05) is 0 Å². The average Bonchev–Trinajstić information content (AvgIpc) is 2.75. The fraction of sp³-hybridized carbons (Fsp3) is 0.500. The molecule has 0 saturated heterocycles. The number of nitrogens with two attached hydrogens (primary N) is 1. The van der Waals surface area contributed by atoms with Crippen molar-refractivity contribution in [1.29, 1.82) is 0 Å². The van der Waals surface area contributed by atoms with Gasteiger partial charge in [0, 0.05) is 11.3 Å². The first-order valence-corrected chi connectivity index (χ1v) is 8.57. The second-order valence-electron chi connectivity index (χ2n) is 5.90. The van der Waals surface area contributed by atoms with E-state index in [2.05, 4.69) is 23.8 Å². The van der Waals surface area contributed by atoms with Crippen LogP contribution in [0.3, 0.4) is 0 Å². The standard InChI is InChI=1S/C14H17N3O3S2/c1-6(12(18)19)21-13-16-10(15)9-7-4-14(2,3)20-5-8(7)22-11(9)17-13/h6H,4-5H2,1-3H3,(H,18,19)(H2,15,16,17)/t6-/m0/s1. The van der Waals surface area contributed by atoms with E-state index in [1.165, 1.54) is 0 Å². The quantitative estimate of drug-likeness (QED) is 0.655. The summed E-state index contributed by atoms with van der Waals surface area (Å²) < 4.78 is 5.83. The van der Waals surface area contributed by atoms with Crippen LogP contribution in [0.5, 0.6) is 0 Å². The normalized spacial score (nSPS) is 18.1. The summed E-state index contributed by atoms with van der Waals surface area (Å²) in [6.07, 6.45) is 0.772. The van der Waals surface area contributed by atoms with E-state index in [0.717, 1.165) is 38.8 Å². The van der Waals surface area contributed by atoms with Gasteiger partial charge in [-0.1, -0.05) is 11.8 Å². The molecule has 3 N–H and O–H groups in total.